The van der Waals surface area contributed by atoms with Gasteiger partial charge in [0.15, 0.2) is 0 Å². The van der Waals surface area contributed by atoms with Gasteiger partial charge in [-0.2, -0.15) is 0 Å². The van der Waals surface area contributed by atoms with E-state index in [4.69, 9.17) is 9.16 Å². The lowest BCUT2D eigenvalue weighted by Gasteiger charge is -2.07. The zero-order valence-corrected chi connectivity index (χ0v) is 9.22. The van der Waals surface area contributed by atoms with Crippen LogP contribution in [0.25, 0.3) is 0 Å². The Hall–Kier alpha value is -0.123. The zero-order valence-electron chi connectivity index (χ0n) is 8.22. The third-order valence-corrected chi connectivity index (χ3v) is 2.27. The second-order valence-corrected chi connectivity index (χ2v) is 3.98. The summed E-state index contributed by atoms with van der Waals surface area (Å²) in [6, 6.07) is 0.974. The summed E-state index contributed by atoms with van der Waals surface area (Å²) < 4.78 is 10.6. The molecule has 0 bridgehead atoms. The fourth-order valence-corrected chi connectivity index (χ4v) is 1.15. The van der Waals surface area contributed by atoms with Crippen LogP contribution in [0.5, 0.6) is 0 Å². The van der Waals surface area contributed by atoms with Gasteiger partial charge in [0.05, 0.1) is 19.3 Å². The van der Waals surface area contributed by atoms with E-state index >= 15 is 0 Å². The van der Waals surface area contributed by atoms with Crippen molar-refractivity contribution in [3.63, 3.8) is 0 Å². The summed E-state index contributed by atoms with van der Waals surface area (Å²) in [7, 11) is 0.536. The van der Waals surface area contributed by atoms with Gasteiger partial charge >= 0.3 is 0 Å². The van der Waals surface area contributed by atoms with Crippen LogP contribution in [0.1, 0.15) is 20.8 Å². The van der Waals surface area contributed by atoms with Gasteiger partial charge in [0.2, 0.25) is 9.76 Å². The zero-order chi connectivity index (χ0) is 9.40. The van der Waals surface area contributed by atoms with Crippen LogP contribution in [0.15, 0.2) is 12.2 Å². The fourth-order valence-electron chi connectivity index (χ4n) is 0.572. The molecule has 2 nitrogen and oxygen atoms in total. The molecule has 0 aromatic heterocycles. The van der Waals surface area contributed by atoms with E-state index in [-0.39, 0.29) is 0 Å². The van der Waals surface area contributed by atoms with Crippen LogP contribution in [0.2, 0.25) is 6.04 Å². The van der Waals surface area contributed by atoms with Crippen molar-refractivity contribution < 1.29 is 9.16 Å². The van der Waals surface area contributed by atoms with E-state index in [1.54, 1.807) is 0 Å². The van der Waals surface area contributed by atoms with E-state index in [0.29, 0.717) is 29.1 Å². The van der Waals surface area contributed by atoms with Crippen molar-refractivity contribution in [1.82, 2.24) is 0 Å². The van der Waals surface area contributed by atoms with Crippen LogP contribution in [0.4, 0.5) is 0 Å². The molecule has 12 heavy (non-hydrogen) atoms. The van der Waals surface area contributed by atoms with Crippen LogP contribution >= 0.6 is 0 Å². The van der Waals surface area contributed by atoms with Gasteiger partial charge in [-0.25, -0.2) is 0 Å². The largest absolute Gasteiger partial charge is 0.415 e. The molecular formula is C9H18O2Si. The van der Waals surface area contributed by atoms with Gasteiger partial charge in [0.1, 0.15) is 0 Å². The molecule has 0 amide bonds. The van der Waals surface area contributed by atoms with Crippen molar-refractivity contribution in [1.29, 1.82) is 0 Å². The van der Waals surface area contributed by atoms with Gasteiger partial charge in [0, 0.05) is 0 Å². The molecular weight excluding hydrogens is 168 g/mol. The van der Waals surface area contributed by atoms with Crippen molar-refractivity contribution in [2.75, 3.05) is 13.2 Å². The lowest BCUT2D eigenvalue weighted by atomic mass is 10.4. The lowest BCUT2D eigenvalue weighted by Crippen LogP contribution is -2.11. The maximum atomic E-state index is 5.34. The van der Waals surface area contributed by atoms with Crippen LogP contribution in [0.3, 0.4) is 0 Å². The SMILES string of the molecule is C=C(C)C[Si]OCCOC(C)C. The van der Waals surface area contributed by atoms with Gasteiger partial charge in [-0.05, 0) is 26.8 Å². The molecule has 0 heterocycles. The smallest absolute Gasteiger partial charge is 0.234 e. The molecule has 3 heteroatoms. The Morgan fingerprint density at radius 3 is 2.58 bits per heavy atom. The standard InChI is InChI=1S/C9H18O2Si/c1-8(2)7-12-11-6-5-10-9(3)4/h9H,1,5-7H2,2-4H3. The Morgan fingerprint density at radius 2 is 2.08 bits per heavy atom. The molecule has 0 saturated carbocycles. The first-order valence-electron chi connectivity index (χ1n) is 4.23. The van der Waals surface area contributed by atoms with Gasteiger partial charge in [-0.1, -0.05) is 5.57 Å². The molecule has 0 aliphatic carbocycles. The molecule has 0 aromatic rings. The number of rotatable bonds is 7. The van der Waals surface area contributed by atoms with Crippen molar-refractivity contribution in [2.45, 2.75) is 32.9 Å². The highest BCUT2D eigenvalue weighted by atomic mass is 28.2. The lowest BCUT2D eigenvalue weighted by molar-refractivity contribution is 0.0561. The molecule has 0 aromatic carbocycles. The van der Waals surface area contributed by atoms with Crippen LogP contribution in [-0.4, -0.2) is 29.1 Å². The highest BCUT2D eigenvalue weighted by molar-refractivity contribution is 6.28. The van der Waals surface area contributed by atoms with Gasteiger partial charge in [0.25, 0.3) is 0 Å². The van der Waals surface area contributed by atoms with Gasteiger partial charge in [-0.15, -0.1) is 6.58 Å². The van der Waals surface area contributed by atoms with Gasteiger partial charge in [-0.3, -0.25) is 0 Å². The molecule has 0 atom stereocenters. The second-order valence-electron chi connectivity index (χ2n) is 3.05. The summed E-state index contributed by atoms with van der Waals surface area (Å²) in [5, 5.41) is 0. The minimum absolute atomic E-state index is 0.304. The predicted molar refractivity (Wildman–Crippen MR) is 52.4 cm³/mol. The molecule has 0 spiro atoms. The van der Waals surface area contributed by atoms with Crippen LogP contribution in [0, 0.1) is 0 Å². The first-order valence-corrected chi connectivity index (χ1v) is 5.35. The third kappa shape index (κ3) is 9.88. The molecule has 2 radical (unpaired) electrons. The number of hydrogen-bond acceptors (Lipinski definition) is 2. The normalized spacial score (nSPS) is 10.7. The average molecular weight is 186 g/mol. The number of hydrogen-bond donors (Lipinski definition) is 0. The van der Waals surface area contributed by atoms with E-state index in [1.807, 2.05) is 20.8 Å². The van der Waals surface area contributed by atoms with E-state index < -0.39 is 0 Å². The summed E-state index contributed by atoms with van der Waals surface area (Å²) in [6.07, 6.45) is 0.304. The molecule has 0 aliphatic rings. The molecule has 70 valence electrons. The van der Waals surface area contributed by atoms with Crippen molar-refractivity contribution in [2.24, 2.45) is 0 Å². The first kappa shape index (κ1) is 11.9. The highest BCUT2D eigenvalue weighted by Crippen LogP contribution is 1.94. The fraction of sp³-hybridized carbons (Fsp3) is 0.778. The monoisotopic (exact) mass is 186 g/mol. The van der Waals surface area contributed by atoms with Crippen molar-refractivity contribution in [3.05, 3.63) is 12.2 Å². The molecule has 0 saturated heterocycles. The molecule has 0 fully saturated rings. The average Bonchev–Trinajstić information content (AvgIpc) is 1.95. The van der Waals surface area contributed by atoms with Crippen molar-refractivity contribution in [3.8, 4) is 0 Å². The number of allylic oxidation sites excluding steroid dienone is 1. The summed E-state index contributed by atoms with van der Waals surface area (Å²) in [6.45, 7) is 11.3. The maximum absolute atomic E-state index is 5.34. The molecule has 0 unspecified atom stereocenters. The predicted octanol–water partition coefficient (Wildman–Crippen LogP) is 2.04. The quantitative estimate of drug-likeness (QED) is 0.344. The van der Waals surface area contributed by atoms with Crippen LogP contribution < -0.4 is 0 Å². The topological polar surface area (TPSA) is 18.5 Å². The van der Waals surface area contributed by atoms with E-state index in [0.717, 1.165) is 6.04 Å². The first-order chi connectivity index (χ1) is 5.63. The van der Waals surface area contributed by atoms with Gasteiger partial charge < -0.3 is 9.16 Å². The Balaban J connectivity index is 2.96. The Labute approximate surface area is 77.9 Å². The third-order valence-electron chi connectivity index (χ3n) is 1.11. The highest BCUT2D eigenvalue weighted by Gasteiger charge is 1.94. The minimum Gasteiger partial charge on any atom is -0.415 e. The molecule has 0 N–H and O–H groups in total. The second kappa shape index (κ2) is 7.52. The Morgan fingerprint density at radius 1 is 1.42 bits per heavy atom. The Bertz CT molecular complexity index is 124. The van der Waals surface area contributed by atoms with Crippen molar-refractivity contribution >= 4 is 9.76 Å². The summed E-state index contributed by atoms with van der Waals surface area (Å²) in [5.74, 6) is 0. The Kier molecular flexibility index (Phi) is 7.44. The minimum atomic E-state index is 0.304. The summed E-state index contributed by atoms with van der Waals surface area (Å²) in [4.78, 5) is 0. The summed E-state index contributed by atoms with van der Waals surface area (Å²) in [5.41, 5.74) is 1.18. The van der Waals surface area contributed by atoms with E-state index in [9.17, 15) is 0 Å². The molecule has 0 aliphatic heterocycles. The van der Waals surface area contributed by atoms with E-state index in [2.05, 4.69) is 6.58 Å². The number of ether oxygens (including phenoxy) is 1. The van der Waals surface area contributed by atoms with Crippen LogP contribution in [-0.2, 0) is 9.16 Å². The maximum Gasteiger partial charge on any atom is 0.234 e. The summed E-state index contributed by atoms with van der Waals surface area (Å²) >= 11 is 0. The van der Waals surface area contributed by atoms with E-state index in [1.165, 1.54) is 5.57 Å². The molecule has 0 rings (SSSR count).